The molecule has 2 aromatic rings. The first kappa shape index (κ1) is 12.5. The molecule has 0 atom stereocenters. The van der Waals surface area contributed by atoms with Gasteiger partial charge in [0.2, 0.25) is 0 Å². The van der Waals surface area contributed by atoms with Crippen molar-refractivity contribution < 1.29 is 18.3 Å². The number of rotatable bonds is 3. The van der Waals surface area contributed by atoms with Gasteiger partial charge in [-0.05, 0) is 24.3 Å². The van der Waals surface area contributed by atoms with Crippen LogP contribution >= 0.6 is 11.6 Å². The molecule has 0 unspecified atom stereocenters. The van der Waals surface area contributed by atoms with Gasteiger partial charge in [0, 0.05) is 17.2 Å². The summed E-state index contributed by atoms with van der Waals surface area (Å²) in [4.78, 5) is 10.8. The molecule has 0 radical (unpaired) electrons. The van der Waals surface area contributed by atoms with Gasteiger partial charge in [0.1, 0.15) is 11.6 Å². The number of carbonyl (C=O) groups is 1. The lowest BCUT2D eigenvalue weighted by Crippen LogP contribution is -1.93. The summed E-state index contributed by atoms with van der Waals surface area (Å²) in [7, 11) is 0. The summed E-state index contributed by atoms with van der Waals surface area (Å²) >= 11 is 5.76. The van der Waals surface area contributed by atoms with Crippen LogP contribution in [-0.4, -0.2) is 6.29 Å². The van der Waals surface area contributed by atoms with Gasteiger partial charge >= 0.3 is 0 Å². The van der Waals surface area contributed by atoms with Crippen LogP contribution in [0.25, 0.3) is 0 Å². The Kier molecular flexibility index (Phi) is 3.58. The molecule has 0 aliphatic rings. The zero-order chi connectivity index (χ0) is 13.1. The third-order valence-corrected chi connectivity index (χ3v) is 2.45. The van der Waals surface area contributed by atoms with Crippen LogP contribution in [0, 0.1) is 11.6 Å². The van der Waals surface area contributed by atoms with Crippen LogP contribution in [0.3, 0.4) is 0 Å². The highest BCUT2D eigenvalue weighted by Gasteiger charge is 2.09. The van der Waals surface area contributed by atoms with Gasteiger partial charge in [-0.15, -0.1) is 0 Å². The fraction of sp³-hybridized carbons (Fsp3) is 0. The van der Waals surface area contributed by atoms with Crippen molar-refractivity contribution in [2.24, 2.45) is 0 Å². The Morgan fingerprint density at radius 2 is 1.83 bits per heavy atom. The summed E-state index contributed by atoms with van der Waals surface area (Å²) in [5.74, 6) is -1.63. The highest BCUT2D eigenvalue weighted by molar-refractivity contribution is 6.30. The smallest absolute Gasteiger partial charge is 0.168 e. The van der Waals surface area contributed by atoms with E-state index in [0.717, 1.165) is 12.1 Å². The van der Waals surface area contributed by atoms with Gasteiger partial charge in [0.15, 0.2) is 17.9 Å². The molecule has 0 aromatic heterocycles. The molecule has 0 saturated heterocycles. The fourth-order valence-corrected chi connectivity index (χ4v) is 1.53. The van der Waals surface area contributed by atoms with E-state index in [1.165, 1.54) is 18.2 Å². The van der Waals surface area contributed by atoms with Crippen molar-refractivity contribution in [3.8, 4) is 11.5 Å². The van der Waals surface area contributed by atoms with Crippen molar-refractivity contribution in [2.75, 3.05) is 0 Å². The van der Waals surface area contributed by atoms with E-state index in [4.69, 9.17) is 16.3 Å². The summed E-state index contributed by atoms with van der Waals surface area (Å²) in [6, 6.07) is 7.24. The average Bonchev–Trinajstić information content (AvgIpc) is 2.33. The number of hydrogen-bond donors (Lipinski definition) is 0. The monoisotopic (exact) mass is 268 g/mol. The van der Waals surface area contributed by atoms with Crippen LogP contribution < -0.4 is 4.74 Å². The van der Waals surface area contributed by atoms with Gasteiger partial charge in [-0.3, -0.25) is 4.79 Å². The predicted octanol–water partition coefficient (Wildman–Crippen LogP) is 4.22. The Morgan fingerprint density at radius 1 is 1.06 bits per heavy atom. The van der Waals surface area contributed by atoms with Crippen molar-refractivity contribution >= 4 is 17.9 Å². The quantitative estimate of drug-likeness (QED) is 0.779. The van der Waals surface area contributed by atoms with Gasteiger partial charge in [0.05, 0.1) is 5.56 Å². The average molecular weight is 269 g/mol. The van der Waals surface area contributed by atoms with Crippen LogP contribution in [-0.2, 0) is 0 Å². The number of halogens is 3. The minimum Gasteiger partial charge on any atom is -0.453 e. The molecule has 0 fully saturated rings. The minimum atomic E-state index is -0.855. The second kappa shape index (κ2) is 5.14. The highest BCUT2D eigenvalue weighted by atomic mass is 35.5. The standard InChI is InChI=1S/C13H7ClF2O2/c14-9-2-1-8(7-17)13(5-9)18-12-4-3-10(15)6-11(12)16/h1-7H. The first-order valence-corrected chi connectivity index (χ1v) is 5.35. The van der Waals surface area contributed by atoms with E-state index in [1.807, 2.05) is 0 Å². The molecular weight excluding hydrogens is 262 g/mol. The van der Waals surface area contributed by atoms with Crippen molar-refractivity contribution in [1.29, 1.82) is 0 Å². The Morgan fingerprint density at radius 3 is 2.50 bits per heavy atom. The van der Waals surface area contributed by atoms with E-state index < -0.39 is 11.6 Å². The maximum atomic E-state index is 13.4. The maximum Gasteiger partial charge on any atom is 0.168 e. The van der Waals surface area contributed by atoms with Crippen molar-refractivity contribution in [2.45, 2.75) is 0 Å². The van der Waals surface area contributed by atoms with Crippen molar-refractivity contribution in [1.82, 2.24) is 0 Å². The van der Waals surface area contributed by atoms with Gasteiger partial charge in [-0.2, -0.15) is 0 Å². The van der Waals surface area contributed by atoms with E-state index in [-0.39, 0.29) is 17.1 Å². The summed E-state index contributed by atoms with van der Waals surface area (Å²) in [5.41, 5.74) is 0.225. The largest absolute Gasteiger partial charge is 0.453 e. The molecule has 2 rings (SSSR count). The summed E-state index contributed by atoms with van der Waals surface area (Å²) in [6.45, 7) is 0. The molecule has 92 valence electrons. The molecule has 0 aliphatic carbocycles. The maximum absolute atomic E-state index is 13.4. The third kappa shape index (κ3) is 2.65. The molecule has 2 aromatic carbocycles. The number of aldehydes is 1. The van der Waals surface area contributed by atoms with Gasteiger partial charge in [-0.25, -0.2) is 8.78 Å². The summed E-state index contributed by atoms with van der Waals surface area (Å²) < 4.78 is 31.3. The Labute approximate surface area is 107 Å². The van der Waals surface area contributed by atoms with Crippen LogP contribution in [0.2, 0.25) is 5.02 Å². The molecule has 5 heteroatoms. The molecule has 0 spiro atoms. The fourth-order valence-electron chi connectivity index (χ4n) is 1.37. The minimum absolute atomic E-state index is 0.114. The first-order valence-electron chi connectivity index (χ1n) is 4.98. The molecule has 0 heterocycles. The predicted molar refractivity (Wildman–Crippen MR) is 63.3 cm³/mol. The van der Waals surface area contributed by atoms with Crippen molar-refractivity contribution in [3.63, 3.8) is 0 Å². The lowest BCUT2D eigenvalue weighted by Gasteiger charge is -2.09. The van der Waals surface area contributed by atoms with E-state index in [2.05, 4.69) is 0 Å². The van der Waals surface area contributed by atoms with Crippen molar-refractivity contribution in [3.05, 3.63) is 58.6 Å². The number of carbonyl (C=O) groups excluding carboxylic acids is 1. The Bertz CT molecular complexity index is 600. The number of benzene rings is 2. The second-order valence-electron chi connectivity index (χ2n) is 3.48. The van der Waals surface area contributed by atoms with E-state index >= 15 is 0 Å². The summed E-state index contributed by atoms with van der Waals surface area (Å²) in [6.07, 6.45) is 0.563. The SMILES string of the molecule is O=Cc1ccc(Cl)cc1Oc1ccc(F)cc1F. The van der Waals surface area contributed by atoms with E-state index in [0.29, 0.717) is 17.4 Å². The Balaban J connectivity index is 2.39. The number of ether oxygens (including phenoxy) is 1. The lowest BCUT2D eigenvalue weighted by molar-refractivity contribution is 0.112. The number of hydrogen-bond acceptors (Lipinski definition) is 2. The molecule has 0 bridgehead atoms. The van der Waals surface area contributed by atoms with Gasteiger partial charge in [0.25, 0.3) is 0 Å². The second-order valence-corrected chi connectivity index (χ2v) is 3.91. The zero-order valence-electron chi connectivity index (χ0n) is 8.99. The van der Waals surface area contributed by atoms with Gasteiger partial charge in [-0.1, -0.05) is 11.6 Å². The van der Waals surface area contributed by atoms with E-state index in [1.54, 1.807) is 0 Å². The molecule has 0 saturated carbocycles. The first-order chi connectivity index (χ1) is 8.60. The molecule has 0 amide bonds. The van der Waals surface area contributed by atoms with Crippen LogP contribution in [0.15, 0.2) is 36.4 Å². The molecule has 0 aliphatic heterocycles. The molecule has 2 nitrogen and oxygen atoms in total. The van der Waals surface area contributed by atoms with Crippen LogP contribution in [0.5, 0.6) is 11.5 Å². The van der Waals surface area contributed by atoms with Gasteiger partial charge < -0.3 is 4.74 Å². The highest BCUT2D eigenvalue weighted by Crippen LogP contribution is 2.29. The molecule has 18 heavy (non-hydrogen) atoms. The van der Waals surface area contributed by atoms with E-state index in [9.17, 15) is 13.6 Å². The zero-order valence-corrected chi connectivity index (χ0v) is 9.75. The normalized spacial score (nSPS) is 10.2. The summed E-state index contributed by atoms with van der Waals surface area (Å²) in [5, 5.41) is 0.345. The third-order valence-electron chi connectivity index (χ3n) is 2.22. The topological polar surface area (TPSA) is 26.3 Å². The lowest BCUT2D eigenvalue weighted by atomic mass is 10.2. The molecule has 0 N–H and O–H groups in total. The molecular formula is C13H7ClF2O2. The Hall–Kier alpha value is -1.94. The van der Waals surface area contributed by atoms with Crippen LogP contribution in [0.4, 0.5) is 8.78 Å². The van der Waals surface area contributed by atoms with Crippen LogP contribution in [0.1, 0.15) is 10.4 Å².